The Labute approximate surface area is 197 Å². The standard InChI is InChI=1S/C26H28N2O6/c29-24(30)14-21(25(31)28-12-13-33-23-11-5-10-22(23)28)27-26(32)34-15-20-18-8-3-1-6-16(18)17-7-2-4-9-19(17)20/h1-4,6-9,20-23H,5,10-15H2,(H,27,32)(H,29,30)/t21?,22-,23+/m1/s1. The van der Waals surface area contributed by atoms with Gasteiger partial charge < -0.3 is 24.8 Å². The zero-order valence-electron chi connectivity index (χ0n) is 18.8. The summed E-state index contributed by atoms with van der Waals surface area (Å²) in [4.78, 5) is 39.1. The minimum Gasteiger partial charge on any atom is -0.481 e. The van der Waals surface area contributed by atoms with Crippen LogP contribution in [-0.4, -0.2) is 65.9 Å². The third-order valence-electron chi connectivity index (χ3n) is 7.08. The van der Waals surface area contributed by atoms with E-state index in [1.165, 1.54) is 0 Å². The number of carbonyl (C=O) groups excluding carboxylic acids is 2. The molecule has 1 heterocycles. The second kappa shape index (κ2) is 9.46. The van der Waals surface area contributed by atoms with E-state index in [2.05, 4.69) is 17.4 Å². The number of morpholine rings is 1. The van der Waals surface area contributed by atoms with Crippen LogP contribution in [-0.2, 0) is 19.1 Å². The highest BCUT2D eigenvalue weighted by atomic mass is 16.5. The summed E-state index contributed by atoms with van der Waals surface area (Å²) in [5.41, 5.74) is 4.39. The highest BCUT2D eigenvalue weighted by Crippen LogP contribution is 2.44. The number of hydrogen-bond acceptors (Lipinski definition) is 5. The average molecular weight is 465 g/mol. The van der Waals surface area contributed by atoms with Gasteiger partial charge in [-0.1, -0.05) is 48.5 Å². The second-order valence-electron chi connectivity index (χ2n) is 9.06. The monoisotopic (exact) mass is 464 g/mol. The Balaban J connectivity index is 1.27. The van der Waals surface area contributed by atoms with Crippen LogP contribution >= 0.6 is 0 Å². The summed E-state index contributed by atoms with van der Waals surface area (Å²) in [5, 5.41) is 11.9. The van der Waals surface area contributed by atoms with Gasteiger partial charge in [-0.2, -0.15) is 0 Å². The lowest BCUT2D eigenvalue weighted by atomic mass is 9.98. The second-order valence-corrected chi connectivity index (χ2v) is 9.06. The van der Waals surface area contributed by atoms with E-state index < -0.39 is 30.4 Å². The van der Waals surface area contributed by atoms with Crippen LogP contribution in [0.1, 0.15) is 42.7 Å². The van der Waals surface area contributed by atoms with E-state index in [4.69, 9.17) is 9.47 Å². The summed E-state index contributed by atoms with van der Waals surface area (Å²) in [5.74, 6) is -1.67. The molecule has 2 aromatic rings. The van der Waals surface area contributed by atoms with Crippen molar-refractivity contribution in [3.05, 3.63) is 59.7 Å². The van der Waals surface area contributed by atoms with Crippen molar-refractivity contribution in [1.82, 2.24) is 10.2 Å². The highest BCUT2D eigenvalue weighted by Gasteiger charge is 2.41. The zero-order chi connectivity index (χ0) is 23.7. The Bertz CT molecular complexity index is 1060. The van der Waals surface area contributed by atoms with Gasteiger partial charge in [0.2, 0.25) is 5.91 Å². The summed E-state index contributed by atoms with van der Waals surface area (Å²) in [7, 11) is 0. The number of nitrogens with one attached hydrogen (secondary N) is 1. The van der Waals surface area contributed by atoms with Gasteiger partial charge in [-0.15, -0.1) is 0 Å². The third kappa shape index (κ3) is 4.25. The smallest absolute Gasteiger partial charge is 0.407 e. The van der Waals surface area contributed by atoms with Crippen LogP contribution in [0.3, 0.4) is 0 Å². The molecule has 2 fully saturated rings. The fourth-order valence-electron chi connectivity index (χ4n) is 5.56. The number of carbonyl (C=O) groups is 3. The van der Waals surface area contributed by atoms with E-state index in [1.54, 1.807) is 4.90 Å². The van der Waals surface area contributed by atoms with Crippen molar-refractivity contribution in [2.45, 2.75) is 49.8 Å². The first kappa shape index (κ1) is 22.4. The number of ether oxygens (including phenoxy) is 2. The number of carboxylic acids is 1. The van der Waals surface area contributed by atoms with Crippen molar-refractivity contribution in [2.24, 2.45) is 0 Å². The molecule has 2 N–H and O–H groups in total. The maximum atomic E-state index is 13.2. The van der Waals surface area contributed by atoms with Crippen molar-refractivity contribution in [1.29, 1.82) is 0 Å². The van der Waals surface area contributed by atoms with E-state index in [1.807, 2.05) is 36.4 Å². The predicted octanol–water partition coefficient (Wildman–Crippen LogP) is 3.15. The number of carboxylic acid groups (broad SMARTS) is 1. The molecule has 2 aliphatic carbocycles. The molecule has 178 valence electrons. The first-order chi connectivity index (χ1) is 16.5. The molecule has 3 aliphatic rings. The SMILES string of the molecule is O=C(O)CC(NC(=O)OCC1c2ccccc2-c2ccccc21)C(=O)N1CCO[C@H]2CCC[C@H]21. The molecule has 1 saturated heterocycles. The Morgan fingerprint density at radius 2 is 1.74 bits per heavy atom. The fraction of sp³-hybridized carbons (Fsp3) is 0.423. The number of benzene rings is 2. The lowest BCUT2D eigenvalue weighted by Gasteiger charge is -2.39. The van der Waals surface area contributed by atoms with E-state index in [0.29, 0.717) is 13.2 Å². The molecule has 1 saturated carbocycles. The summed E-state index contributed by atoms with van der Waals surface area (Å²) in [6.45, 7) is 0.899. The largest absolute Gasteiger partial charge is 0.481 e. The minimum atomic E-state index is -1.19. The molecule has 3 atom stereocenters. The molecule has 0 spiro atoms. The van der Waals surface area contributed by atoms with Gasteiger partial charge in [0, 0.05) is 12.5 Å². The number of rotatable bonds is 6. The molecule has 8 nitrogen and oxygen atoms in total. The van der Waals surface area contributed by atoms with Crippen LogP contribution < -0.4 is 5.32 Å². The van der Waals surface area contributed by atoms with Crippen molar-refractivity contribution in [3.63, 3.8) is 0 Å². The summed E-state index contributed by atoms with van der Waals surface area (Å²) in [6.07, 6.45) is 1.36. The van der Waals surface area contributed by atoms with Crippen LogP contribution in [0.15, 0.2) is 48.5 Å². The Hall–Kier alpha value is -3.39. The van der Waals surface area contributed by atoms with Gasteiger partial charge in [0.15, 0.2) is 0 Å². The molecule has 0 radical (unpaired) electrons. The quantitative estimate of drug-likeness (QED) is 0.681. The Kier molecular flexibility index (Phi) is 6.24. The maximum Gasteiger partial charge on any atom is 0.407 e. The molecule has 1 unspecified atom stereocenters. The van der Waals surface area contributed by atoms with Crippen molar-refractivity contribution in [2.75, 3.05) is 19.8 Å². The topological polar surface area (TPSA) is 105 Å². The normalized spacial score (nSPS) is 21.8. The molecular weight excluding hydrogens is 436 g/mol. The van der Waals surface area contributed by atoms with Crippen LogP contribution in [0.25, 0.3) is 11.1 Å². The first-order valence-electron chi connectivity index (χ1n) is 11.8. The van der Waals surface area contributed by atoms with Crippen LogP contribution in [0.2, 0.25) is 0 Å². The summed E-state index contributed by atoms with van der Waals surface area (Å²) in [6, 6.07) is 14.8. The van der Waals surface area contributed by atoms with Crippen molar-refractivity contribution >= 4 is 18.0 Å². The molecule has 0 aromatic heterocycles. The third-order valence-corrected chi connectivity index (χ3v) is 7.08. The van der Waals surface area contributed by atoms with E-state index in [9.17, 15) is 19.5 Å². The number of hydrogen-bond donors (Lipinski definition) is 2. The minimum absolute atomic E-state index is 0.0161. The van der Waals surface area contributed by atoms with Crippen molar-refractivity contribution < 1.29 is 29.0 Å². The molecule has 2 amide bonds. The van der Waals surface area contributed by atoms with Gasteiger partial charge in [0.05, 0.1) is 25.2 Å². The van der Waals surface area contributed by atoms with E-state index >= 15 is 0 Å². The van der Waals surface area contributed by atoms with Gasteiger partial charge in [-0.25, -0.2) is 4.79 Å². The molecule has 1 aliphatic heterocycles. The number of fused-ring (bicyclic) bond motifs is 4. The lowest BCUT2D eigenvalue weighted by Crippen LogP contribution is -2.57. The van der Waals surface area contributed by atoms with Crippen LogP contribution in [0.4, 0.5) is 4.79 Å². The van der Waals surface area contributed by atoms with Gasteiger partial charge in [-0.05, 0) is 41.5 Å². The Morgan fingerprint density at radius 3 is 2.41 bits per heavy atom. The molecule has 0 bridgehead atoms. The number of amides is 2. The van der Waals surface area contributed by atoms with Gasteiger partial charge in [-0.3, -0.25) is 9.59 Å². The van der Waals surface area contributed by atoms with Crippen LogP contribution in [0.5, 0.6) is 0 Å². The molecule has 34 heavy (non-hydrogen) atoms. The van der Waals surface area contributed by atoms with E-state index in [0.717, 1.165) is 41.5 Å². The number of aliphatic carboxylic acids is 1. The summed E-state index contributed by atoms with van der Waals surface area (Å²) >= 11 is 0. The van der Waals surface area contributed by atoms with Gasteiger partial charge >= 0.3 is 12.1 Å². The van der Waals surface area contributed by atoms with Crippen molar-refractivity contribution in [3.8, 4) is 11.1 Å². The van der Waals surface area contributed by atoms with Crippen LogP contribution in [0, 0.1) is 0 Å². The molecular formula is C26H28N2O6. The zero-order valence-corrected chi connectivity index (χ0v) is 18.8. The predicted molar refractivity (Wildman–Crippen MR) is 123 cm³/mol. The number of alkyl carbamates (subject to hydrolysis) is 1. The summed E-state index contributed by atoms with van der Waals surface area (Å²) < 4.78 is 11.3. The fourth-order valence-corrected chi connectivity index (χ4v) is 5.56. The first-order valence-corrected chi connectivity index (χ1v) is 11.8. The lowest BCUT2D eigenvalue weighted by molar-refractivity contribution is -0.149. The molecule has 8 heteroatoms. The Morgan fingerprint density at radius 1 is 1.06 bits per heavy atom. The average Bonchev–Trinajstić information content (AvgIpc) is 3.44. The molecule has 2 aromatic carbocycles. The van der Waals surface area contributed by atoms with Gasteiger partial charge in [0.25, 0.3) is 0 Å². The van der Waals surface area contributed by atoms with E-state index in [-0.39, 0.29) is 24.7 Å². The molecule has 5 rings (SSSR count). The highest BCUT2D eigenvalue weighted by molar-refractivity contribution is 5.89. The maximum absolute atomic E-state index is 13.2. The number of nitrogens with zero attached hydrogens (tertiary/aromatic N) is 1. The van der Waals surface area contributed by atoms with Gasteiger partial charge in [0.1, 0.15) is 12.6 Å².